The molecule has 4 aliphatic heterocycles. The quantitative estimate of drug-likeness (QED) is 0.843. The van der Waals surface area contributed by atoms with Gasteiger partial charge in [-0.2, -0.15) is 5.10 Å². The molecule has 2 aromatic rings. The normalized spacial score (nSPS) is 33.6. The smallest absolute Gasteiger partial charge is 0.220 e. The maximum atomic E-state index is 12.9. The SMILES string of the molecule is Cn1nccc1CCC(=O)NC1C2CN3CCN(C2)CC1(c1ccccc1)C3. The topological polar surface area (TPSA) is 53.4 Å². The Kier molecular flexibility index (Phi) is 4.48. The Morgan fingerprint density at radius 1 is 1.14 bits per heavy atom. The predicted octanol–water partition coefficient (Wildman–Crippen LogP) is 1.04. The van der Waals surface area contributed by atoms with Crippen LogP contribution in [0.3, 0.4) is 0 Å². The third kappa shape index (κ3) is 3.05. The molecule has 1 aromatic heterocycles. The van der Waals surface area contributed by atoms with E-state index in [4.69, 9.17) is 0 Å². The van der Waals surface area contributed by atoms with Crippen molar-refractivity contribution >= 4 is 5.91 Å². The number of nitrogens with zero attached hydrogens (tertiary/aromatic N) is 4. The summed E-state index contributed by atoms with van der Waals surface area (Å²) in [7, 11) is 1.93. The molecular weight excluding hydrogens is 350 g/mol. The van der Waals surface area contributed by atoms with Crippen molar-refractivity contribution in [1.82, 2.24) is 24.9 Å². The highest BCUT2D eigenvalue weighted by Gasteiger charge is 2.55. The lowest BCUT2D eigenvalue weighted by Gasteiger charge is -2.55. The van der Waals surface area contributed by atoms with E-state index in [0.29, 0.717) is 12.3 Å². The minimum absolute atomic E-state index is 0.0128. The van der Waals surface area contributed by atoms with Gasteiger partial charge in [0.25, 0.3) is 0 Å². The number of carbonyl (C=O) groups is 1. The van der Waals surface area contributed by atoms with E-state index in [0.717, 1.165) is 51.4 Å². The number of nitrogens with one attached hydrogen (secondary N) is 1. The van der Waals surface area contributed by atoms with Crippen LogP contribution in [0, 0.1) is 5.92 Å². The maximum absolute atomic E-state index is 12.9. The molecule has 0 aliphatic carbocycles. The molecule has 3 unspecified atom stereocenters. The highest BCUT2D eigenvalue weighted by atomic mass is 16.1. The summed E-state index contributed by atoms with van der Waals surface area (Å²) in [6.45, 7) is 6.56. The lowest BCUT2D eigenvalue weighted by molar-refractivity contribution is -0.124. The van der Waals surface area contributed by atoms with E-state index >= 15 is 0 Å². The second-order valence-electron chi connectivity index (χ2n) is 8.74. The summed E-state index contributed by atoms with van der Waals surface area (Å²) in [5.74, 6) is 0.656. The number of amides is 1. The molecular formula is C22H29N5O. The number of carbonyl (C=O) groups excluding carboxylic acids is 1. The van der Waals surface area contributed by atoms with E-state index in [9.17, 15) is 4.79 Å². The minimum atomic E-state index is -0.0128. The van der Waals surface area contributed by atoms with E-state index in [2.05, 4.69) is 50.5 Å². The van der Waals surface area contributed by atoms with Crippen LogP contribution in [0.15, 0.2) is 42.6 Å². The first-order valence-electron chi connectivity index (χ1n) is 10.4. The zero-order valence-electron chi connectivity index (χ0n) is 16.6. The standard InChI is InChI=1S/C22H29N5O/c1-25-19(9-10-23-25)7-8-20(28)24-21-17-13-26-11-12-27(14-17)16-22(21,15-26)18-5-3-2-4-6-18/h2-6,9-10,17,21H,7-8,11-16H2,1H3,(H,24,28). The summed E-state index contributed by atoms with van der Waals surface area (Å²) in [4.78, 5) is 18.2. The van der Waals surface area contributed by atoms with Gasteiger partial charge in [-0.25, -0.2) is 0 Å². The van der Waals surface area contributed by atoms with Gasteiger partial charge in [0, 0.05) is 82.0 Å². The Labute approximate surface area is 166 Å². The number of aryl methyl sites for hydroxylation is 2. The van der Waals surface area contributed by atoms with E-state index < -0.39 is 0 Å². The molecule has 4 aliphatic rings. The number of rotatable bonds is 5. The van der Waals surface area contributed by atoms with E-state index in [1.807, 2.05) is 17.8 Å². The summed E-state index contributed by atoms with van der Waals surface area (Å²) in [6.07, 6.45) is 3.04. The van der Waals surface area contributed by atoms with E-state index in [-0.39, 0.29) is 17.4 Å². The lowest BCUT2D eigenvalue weighted by atomic mass is 9.64. The zero-order chi connectivity index (χ0) is 19.1. The highest BCUT2D eigenvalue weighted by Crippen LogP contribution is 2.43. The molecule has 4 bridgehead atoms. The largest absolute Gasteiger partial charge is 0.352 e. The van der Waals surface area contributed by atoms with Gasteiger partial charge < -0.3 is 15.1 Å². The molecule has 3 atom stereocenters. The first kappa shape index (κ1) is 17.9. The summed E-state index contributed by atoms with van der Waals surface area (Å²) < 4.78 is 1.85. The average Bonchev–Trinajstić information content (AvgIpc) is 2.94. The number of benzene rings is 1. The summed E-state index contributed by atoms with van der Waals surface area (Å²) in [5.41, 5.74) is 2.46. The van der Waals surface area contributed by atoms with Gasteiger partial charge in [0.05, 0.1) is 0 Å². The second kappa shape index (κ2) is 7.01. The molecule has 1 amide bonds. The molecule has 5 heterocycles. The van der Waals surface area contributed by atoms with Crippen molar-refractivity contribution in [3.63, 3.8) is 0 Å². The van der Waals surface area contributed by atoms with Crippen molar-refractivity contribution in [2.75, 3.05) is 39.3 Å². The van der Waals surface area contributed by atoms with E-state index in [1.54, 1.807) is 6.20 Å². The fourth-order valence-corrected chi connectivity index (χ4v) is 5.70. The lowest BCUT2D eigenvalue weighted by Crippen LogP contribution is -2.70. The Balaban J connectivity index is 1.39. The second-order valence-corrected chi connectivity index (χ2v) is 8.74. The van der Waals surface area contributed by atoms with Crippen molar-refractivity contribution in [2.24, 2.45) is 13.0 Å². The number of aromatic nitrogens is 2. The van der Waals surface area contributed by atoms with Gasteiger partial charge in [-0.15, -0.1) is 0 Å². The number of hydrogen-bond acceptors (Lipinski definition) is 4. The van der Waals surface area contributed by atoms with Crippen molar-refractivity contribution in [2.45, 2.75) is 24.3 Å². The van der Waals surface area contributed by atoms with Crippen LogP contribution in [-0.4, -0.2) is 70.8 Å². The van der Waals surface area contributed by atoms with Crippen LogP contribution in [0.25, 0.3) is 0 Å². The maximum Gasteiger partial charge on any atom is 0.220 e. The Morgan fingerprint density at radius 2 is 1.86 bits per heavy atom. The Bertz CT molecular complexity index is 832. The van der Waals surface area contributed by atoms with Gasteiger partial charge in [-0.3, -0.25) is 9.48 Å². The molecule has 0 radical (unpaired) electrons. The van der Waals surface area contributed by atoms with Gasteiger partial charge >= 0.3 is 0 Å². The first-order valence-corrected chi connectivity index (χ1v) is 10.4. The molecule has 6 rings (SSSR count). The fraction of sp³-hybridized carbons (Fsp3) is 0.545. The monoisotopic (exact) mass is 379 g/mol. The van der Waals surface area contributed by atoms with Crippen LogP contribution in [0.2, 0.25) is 0 Å². The minimum Gasteiger partial charge on any atom is -0.352 e. The van der Waals surface area contributed by atoms with Crippen LogP contribution >= 0.6 is 0 Å². The molecule has 28 heavy (non-hydrogen) atoms. The predicted molar refractivity (Wildman–Crippen MR) is 108 cm³/mol. The van der Waals surface area contributed by atoms with E-state index in [1.165, 1.54) is 5.56 Å². The molecule has 1 aromatic carbocycles. The van der Waals surface area contributed by atoms with Gasteiger partial charge in [-0.1, -0.05) is 30.3 Å². The van der Waals surface area contributed by atoms with Crippen LogP contribution in [0.1, 0.15) is 17.7 Å². The van der Waals surface area contributed by atoms with Crippen LogP contribution in [0.4, 0.5) is 0 Å². The molecule has 4 fully saturated rings. The molecule has 148 valence electrons. The summed E-state index contributed by atoms with van der Waals surface area (Å²) in [5, 5.41) is 7.69. The first-order chi connectivity index (χ1) is 13.6. The van der Waals surface area contributed by atoms with Gasteiger partial charge in [-0.05, 0) is 18.1 Å². The Hall–Kier alpha value is -2.18. The molecule has 6 nitrogen and oxygen atoms in total. The summed E-state index contributed by atoms with van der Waals surface area (Å²) in [6, 6.07) is 13.1. The molecule has 0 saturated carbocycles. The number of piperidine rings is 2. The van der Waals surface area contributed by atoms with Gasteiger partial charge in [0.15, 0.2) is 0 Å². The molecule has 6 heteroatoms. The van der Waals surface area contributed by atoms with Gasteiger partial charge in [0.2, 0.25) is 5.91 Å². The van der Waals surface area contributed by atoms with Crippen molar-refractivity contribution in [3.05, 3.63) is 53.9 Å². The third-order valence-corrected chi connectivity index (χ3v) is 6.99. The van der Waals surface area contributed by atoms with Crippen LogP contribution in [0.5, 0.6) is 0 Å². The van der Waals surface area contributed by atoms with Crippen molar-refractivity contribution in [1.29, 1.82) is 0 Å². The molecule has 4 saturated heterocycles. The highest BCUT2D eigenvalue weighted by molar-refractivity contribution is 5.77. The van der Waals surface area contributed by atoms with Gasteiger partial charge in [0.1, 0.15) is 0 Å². The molecule has 0 spiro atoms. The van der Waals surface area contributed by atoms with Crippen LogP contribution < -0.4 is 5.32 Å². The third-order valence-electron chi connectivity index (χ3n) is 6.99. The van der Waals surface area contributed by atoms with Crippen molar-refractivity contribution < 1.29 is 4.79 Å². The number of fused-ring (bicyclic) bond motifs is 1. The van der Waals surface area contributed by atoms with Crippen LogP contribution in [-0.2, 0) is 23.7 Å². The van der Waals surface area contributed by atoms with Crippen molar-refractivity contribution in [3.8, 4) is 0 Å². The Morgan fingerprint density at radius 3 is 2.50 bits per heavy atom. The number of hydrogen-bond donors (Lipinski definition) is 1. The summed E-state index contributed by atoms with van der Waals surface area (Å²) >= 11 is 0. The average molecular weight is 380 g/mol. The molecule has 1 N–H and O–H groups in total. The fourth-order valence-electron chi connectivity index (χ4n) is 5.70. The zero-order valence-corrected chi connectivity index (χ0v) is 16.6.